The lowest BCUT2D eigenvalue weighted by molar-refractivity contribution is -0.119. The summed E-state index contributed by atoms with van der Waals surface area (Å²) in [6.07, 6.45) is 1.87. The number of benzene rings is 2. The van der Waals surface area contributed by atoms with Crippen molar-refractivity contribution < 1.29 is 31.5 Å². The number of hydrogen-bond acceptors (Lipinski definition) is 8. The van der Waals surface area contributed by atoms with E-state index < -0.39 is 32.5 Å². The Morgan fingerprint density at radius 2 is 1.77 bits per heavy atom. The van der Waals surface area contributed by atoms with Gasteiger partial charge in [-0.3, -0.25) is 19.6 Å². The summed E-state index contributed by atoms with van der Waals surface area (Å²) < 4.78 is 60.7. The van der Waals surface area contributed by atoms with Gasteiger partial charge in [-0.25, -0.2) is 17.2 Å². The molecule has 0 aliphatic carbocycles. The van der Waals surface area contributed by atoms with Gasteiger partial charge < -0.3 is 20.3 Å². The maximum atomic E-state index is 13.8. The molecule has 44 heavy (non-hydrogen) atoms. The van der Waals surface area contributed by atoms with Crippen LogP contribution in [-0.4, -0.2) is 92.1 Å². The van der Waals surface area contributed by atoms with Crippen molar-refractivity contribution in [2.75, 3.05) is 62.0 Å². The summed E-state index contributed by atoms with van der Waals surface area (Å²) in [6.45, 7) is 3.18. The van der Waals surface area contributed by atoms with Gasteiger partial charge in [0.1, 0.15) is 11.6 Å². The number of halogens is 2. The van der Waals surface area contributed by atoms with Crippen LogP contribution in [0.2, 0.25) is 0 Å². The summed E-state index contributed by atoms with van der Waals surface area (Å²) in [4.78, 5) is 30.5. The molecule has 15 heteroatoms. The molecule has 0 bridgehead atoms. The van der Waals surface area contributed by atoms with Gasteiger partial charge in [-0.05, 0) is 56.8 Å². The minimum absolute atomic E-state index is 0.0534. The Balaban J connectivity index is 1.25. The van der Waals surface area contributed by atoms with Gasteiger partial charge >= 0.3 is 0 Å². The number of nitrogens with zero attached hydrogens (tertiary/aromatic N) is 4. The van der Waals surface area contributed by atoms with Crippen LogP contribution in [0.4, 0.5) is 26.0 Å². The van der Waals surface area contributed by atoms with Crippen LogP contribution in [0.1, 0.15) is 34.5 Å². The Kier molecular flexibility index (Phi) is 8.37. The van der Waals surface area contributed by atoms with E-state index in [0.717, 1.165) is 35.1 Å². The van der Waals surface area contributed by atoms with Crippen LogP contribution in [0.25, 0.3) is 0 Å². The number of sulfonamides is 1. The van der Waals surface area contributed by atoms with Crippen molar-refractivity contribution in [2.24, 2.45) is 0 Å². The van der Waals surface area contributed by atoms with Gasteiger partial charge in [-0.15, -0.1) is 0 Å². The van der Waals surface area contributed by atoms with Crippen LogP contribution in [0.3, 0.4) is 0 Å². The number of likely N-dealkylation sites (N-methyl/N-ethyl adjacent to an activating group) is 1. The molecule has 3 aliphatic heterocycles. The Hall–Kier alpha value is -3.92. The third kappa shape index (κ3) is 6.04. The molecule has 0 saturated carbocycles. The van der Waals surface area contributed by atoms with Gasteiger partial charge in [0, 0.05) is 55.6 Å². The molecule has 0 spiro atoms. The maximum absolute atomic E-state index is 13.8. The van der Waals surface area contributed by atoms with Crippen LogP contribution < -0.4 is 15.5 Å². The van der Waals surface area contributed by atoms with Crippen molar-refractivity contribution in [1.29, 1.82) is 0 Å². The lowest BCUT2D eigenvalue weighted by Crippen LogP contribution is -2.38. The van der Waals surface area contributed by atoms with Gasteiger partial charge in [-0.2, -0.15) is 9.40 Å². The number of aromatic nitrogens is 2. The summed E-state index contributed by atoms with van der Waals surface area (Å²) in [5, 5.41) is 12.8. The van der Waals surface area contributed by atoms with Crippen molar-refractivity contribution >= 4 is 39.0 Å². The number of rotatable bonds is 7. The average molecular weight is 630 g/mol. The van der Waals surface area contributed by atoms with E-state index in [2.05, 4.69) is 25.7 Å². The minimum atomic E-state index is -4.24. The van der Waals surface area contributed by atoms with Crippen molar-refractivity contribution in [3.8, 4) is 0 Å². The lowest BCUT2D eigenvalue weighted by atomic mass is 10.1. The lowest BCUT2D eigenvalue weighted by Gasteiger charge is -2.29. The topological polar surface area (TPSA) is 140 Å². The molecule has 3 N–H and O–H groups in total. The highest BCUT2D eigenvalue weighted by Gasteiger charge is 2.33. The Morgan fingerprint density at radius 3 is 2.48 bits per heavy atom. The van der Waals surface area contributed by atoms with Crippen molar-refractivity contribution in [3.63, 3.8) is 0 Å². The molecule has 2 aromatic carbocycles. The average Bonchev–Trinajstić information content (AvgIpc) is 3.62. The number of carbonyl (C=O) groups is 2. The van der Waals surface area contributed by atoms with E-state index in [-0.39, 0.29) is 42.8 Å². The molecular weight excluding hydrogens is 596 g/mol. The molecule has 2 fully saturated rings. The Labute approximate surface area is 253 Å². The summed E-state index contributed by atoms with van der Waals surface area (Å²) in [6, 6.07) is 7.06. The molecular formula is C29H33F2N7O5S. The number of ether oxygens (including phenoxy) is 1. The second kappa shape index (κ2) is 12.2. The molecule has 0 radical (unpaired) electrons. The van der Waals surface area contributed by atoms with Gasteiger partial charge in [-0.1, -0.05) is 0 Å². The minimum Gasteiger partial charge on any atom is -0.378 e. The summed E-state index contributed by atoms with van der Waals surface area (Å²) in [7, 11) is -2.35. The van der Waals surface area contributed by atoms with Gasteiger partial charge in [0.05, 0.1) is 35.4 Å². The van der Waals surface area contributed by atoms with Crippen LogP contribution >= 0.6 is 0 Å². The zero-order chi connectivity index (χ0) is 31.0. The highest BCUT2D eigenvalue weighted by atomic mass is 32.2. The largest absolute Gasteiger partial charge is 0.378 e. The van der Waals surface area contributed by atoms with Gasteiger partial charge in [0.15, 0.2) is 5.82 Å². The highest BCUT2D eigenvalue weighted by molar-refractivity contribution is 7.89. The van der Waals surface area contributed by atoms with Gasteiger partial charge in [0.25, 0.3) is 5.91 Å². The summed E-state index contributed by atoms with van der Waals surface area (Å²) in [5.41, 5.74) is 2.47. The number of anilines is 3. The zero-order valence-electron chi connectivity index (χ0n) is 24.1. The van der Waals surface area contributed by atoms with E-state index in [1.807, 2.05) is 18.0 Å². The van der Waals surface area contributed by atoms with Crippen molar-refractivity contribution in [1.82, 2.24) is 19.4 Å². The molecule has 2 saturated heterocycles. The summed E-state index contributed by atoms with van der Waals surface area (Å²) in [5.74, 6) is -2.63. The van der Waals surface area contributed by atoms with Crippen molar-refractivity contribution in [3.05, 3.63) is 64.9 Å². The zero-order valence-corrected chi connectivity index (χ0v) is 24.9. The molecule has 234 valence electrons. The number of nitrogens with one attached hydrogen (secondary N) is 3. The molecule has 3 aromatic rings. The molecule has 0 unspecified atom stereocenters. The standard InChI is InChI=1S/C29H33F2N7O5S/c1-36-7-2-3-26(36)29(40)32-25-16-20(37-9-11-43-12-10-37)4-5-22(25)28(39)33-27-23-17-38(8-6-24(23)34-35-27)44(41,42)21-14-18(30)13-19(31)15-21/h4-5,13-16,26H,2-3,6-12,17H2,1H3,(H,32,40)(H2,33,34,35,39)/t26-/m0/s1. The fourth-order valence-electron chi connectivity index (χ4n) is 5.89. The van der Waals surface area contributed by atoms with E-state index >= 15 is 0 Å². The Morgan fingerprint density at radius 1 is 1.02 bits per heavy atom. The molecule has 4 heterocycles. The normalized spacial score (nSPS) is 19.5. The number of morpholine rings is 1. The number of H-pyrrole nitrogens is 1. The third-order valence-corrected chi connectivity index (χ3v) is 10.1. The number of carbonyl (C=O) groups excluding carboxylic acids is 2. The Bertz CT molecular complexity index is 1670. The molecule has 1 aromatic heterocycles. The smallest absolute Gasteiger partial charge is 0.258 e. The molecule has 2 amide bonds. The molecule has 12 nitrogen and oxygen atoms in total. The van der Waals surface area contributed by atoms with Crippen LogP contribution in [0, 0.1) is 11.6 Å². The van der Waals surface area contributed by atoms with Crippen LogP contribution in [-0.2, 0) is 32.5 Å². The first-order valence-electron chi connectivity index (χ1n) is 14.4. The second-order valence-corrected chi connectivity index (χ2v) is 13.1. The van der Waals surface area contributed by atoms with E-state index in [1.54, 1.807) is 12.1 Å². The fraction of sp³-hybridized carbons (Fsp3) is 0.414. The first-order chi connectivity index (χ1) is 21.1. The quantitative estimate of drug-likeness (QED) is 0.363. The first kappa shape index (κ1) is 30.1. The number of hydrogen-bond donors (Lipinski definition) is 3. The van der Waals surface area contributed by atoms with Crippen molar-refractivity contribution in [2.45, 2.75) is 36.7 Å². The number of aromatic amines is 1. The van der Waals surface area contributed by atoms with E-state index in [4.69, 9.17) is 4.74 Å². The van der Waals surface area contributed by atoms with E-state index in [0.29, 0.717) is 55.7 Å². The monoisotopic (exact) mass is 629 g/mol. The van der Waals surface area contributed by atoms with E-state index in [1.165, 1.54) is 0 Å². The second-order valence-electron chi connectivity index (χ2n) is 11.1. The number of amides is 2. The fourth-order valence-corrected chi connectivity index (χ4v) is 7.34. The summed E-state index contributed by atoms with van der Waals surface area (Å²) >= 11 is 0. The first-order valence-corrected chi connectivity index (χ1v) is 15.9. The van der Waals surface area contributed by atoms with E-state index in [9.17, 15) is 26.8 Å². The number of fused-ring (bicyclic) bond motifs is 1. The number of likely N-dealkylation sites (tertiary alicyclic amines) is 1. The van der Waals surface area contributed by atoms with Gasteiger partial charge in [0.2, 0.25) is 15.9 Å². The molecule has 3 aliphatic rings. The third-order valence-electron chi connectivity index (χ3n) is 8.31. The van der Waals surface area contributed by atoms with Crippen LogP contribution in [0.5, 0.6) is 0 Å². The highest BCUT2D eigenvalue weighted by Crippen LogP contribution is 2.31. The molecule has 1 atom stereocenters. The predicted octanol–water partition coefficient (Wildman–Crippen LogP) is 2.56. The van der Waals surface area contributed by atoms with Crippen LogP contribution in [0.15, 0.2) is 41.3 Å². The molecule has 6 rings (SSSR count). The maximum Gasteiger partial charge on any atom is 0.258 e. The predicted molar refractivity (Wildman–Crippen MR) is 158 cm³/mol. The SMILES string of the molecule is CN1CCC[C@H]1C(=O)Nc1cc(N2CCOCC2)ccc1C(=O)Nc1n[nH]c2c1CN(S(=O)(=O)c1cc(F)cc(F)c1)CC2.